The molecule has 2 aromatic carbocycles. The summed E-state index contributed by atoms with van der Waals surface area (Å²) in [6, 6.07) is 15.9. The van der Waals surface area contributed by atoms with Crippen molar-refractivity contribution < 1.29 is 4.79 Å². The van der Waals surface area contributed by atoms with Crippen LogP contribution >= 0.6 is 24.0 Å². The predicted molar refractivity (Wildman–Crippen MR) is 114 cm³/mol. The number of benzene rings is 2. The van der Waals surface area contributed by atoms with Gasteiger partial charge in [0.15, 0.2) is 5.96 Å². The summed E-state index contributed by atoms with van der Waals surface area (Å²) in [6.45, 7) is 3.35. The largest absolute Gasteiger partial charge is 0.370 e. The molecule has 2 aromatic rings. The number of nitrogens with zero attached hydrogens (tertiary/aromatic N) is 2. The molecule has 5 nitrogen and oxygen atoms in total. The molecule has 132 valence electrons. The van der Waals surface area contributed by atoms with Gasteiger partial charge < -0.3 is 16.0 Å². The zero-order valence-electron chi connectivity index (χ0n) is 14.2. The zero-order chi connectivity index (χ0) is 16.9. The molecule has 0 radical (unpaired) electrons. The van der Waals surface area contributed by atoms with Crippen molar-refractivity contribution in [3.05, 3.63) is 59.7 Å². The normalized spacial score (nSPS) is 14.4. The summed E-state index contributed by atoms with van der Waals surface area (Å²) in [5.41, 5.74) is 10.1. The lowest BCUT2D eigenvalue weighted by atomic mass is 10.2. The number of hydrogen-bond donors (Lipinski definition) is 2. The summed E-state index contributed by atoms with van der Waals surface area (Å²) in [5.74, 6) is 0.588. The molecule has 25 heavy (non-hydrogen) atoms. The van der Waals surface area contributed by atoms with Crippen molar-refractivity contribution >= 4 is 47.2 Å². The molecule has 3 N–H and O–H groups in total. The van der Waals surface area contributed by atoms with Gasteiger partial charge in [0.1, 0.15) is 0 Å². The Morgan fingerprint density at radius 2 is 1.84 bits per heavy atom. The average Bonchev–Trinajstić information content (AvgIpc) is 3.02. The minimum atomic E-state index is 0. The second kappa shape index (κ2) is 8.84. The third-order valence-corrected chi connectivity index (χ3v) is 4.08. The van der Waals surface area contributed by atoms with Crippen molar-refractivity contribution in [3.8, 4) is 0 Å². The van der Waals surface area contributed by atoms with E-state index in [1.54, 1.807) is 0 Å². The molecule has 1 fully saturated rings. The highest BCUT2D eigenvalue weighted by atomic mass is 127. The van der Waals surface area contributed by atoms with Crippen LogP contribution in [0.4, 0.5) is 11.4 Å². The van der Waals surface area contributed by atoms with Crippen LogP contribution in [0.2, 0.25) is 0 Å². The molecule has 0 aliphatic carbocycles. The summed E-state index contributed by atoms with van der Waals surface area (Å²) < 4.78 is 0. The van der Waals surface area contributed by atoms with Crippen molar-refractivity contribution in [1.29, 1.82) is 0 Å². The maximum atomic E-state index is 11.7. The molecule has 1 aliphatic rings. The molecule has 0 saturated carbocycles. The van der Waals surface area contributed by atoms with Gasteiger partial charge in [-0.3, -0.25) is 4.79 Å². The number of hydrogen-bond acceptors (Lipinski definition) is 2. The van der Waals surface area contributed by atoms with Gasteiger partial charge in [0.05, 0.1) is 6.54 Å². The van der Waals surface area contributed by atoms with Crippen molar-refractivity contribution in [2.45, 2.75) is 26.3 Å². The second-order valence-corrected chi connectivity index (χ2v) is 6.01. The predicted octanol–water partition coefficient (Wildman–Crippen LogP) is 3.67. The molecule has 6 heteroatoms. The number of aliphatic imine (C=N–C) groups is 1. The number of halogens is 1. The quantitative estimate of drug-likeness (QED) is 0.424. The monoisotopic (exact) mass is 450 g/mol. The van der Waals surface area contributed by atoms with Gasteiger partial charge in [-0.2, -0.15) is 0 Å². The van der Waals surface area contributed by atoms with Crippen molar-refractivity contribution in [1.82, 2.24) is 0 Å². The number of carbonyl (C=O) groups excluding carboxylic acids is 1. The maximum absolute atomic E-state index is 11.7. The number of carbonyl (C=O) groups is 1. The van der Waals surface area contributed by atoms with E-state index >= 15 is 0 Å². The van der Waals surface area contributed by atoms with Gasteiger partial charge in [-0.15, -0.1) is 24.0 Å². The summed E-state index contributed by atoms with van der Waals surface area (Å²) in [5, 5.41) is 3.08. The van der Waals surface area contributed by atoms with E-state index in [1.807, 2.05) is 60.4 Å². The van der Waals surface area contributed by atoms with E-state index in [-0.39, 0.29) is 29.9 Å². The Morgan fingerprint density at radius 1 is 1.16 bits per heavy atom. The van der Waals surface area contributed by atoms with Crippen LogP contribution in [0, 0.1) is 6.92 Å². The smallest absolute Gasteiger partial charge is 0.227 e. The Morgan fingerprint density at radius 3 is 2.44 bits per heavy atom. The number of amides is 1. The van der Waals surface area contributed by atoms with Crippen LogP contribution in [-0.4, -0.2) is 18.4 Å². The molecule has 1 heterocycles. The fourth-order valence-corrected chi connectivity index (χ4v) is 2.70. The van der Waals surface area contributed by atoms with E-state index in [9.17, 15) is 4.79 Å². The van der Waals surface area contributed by atoms with E-state index in [0.717, 1.165) is 29.9 Å². The molecule has 1 aliphatic heterocycles. The highest BCUT2D eigenvalue weighted by molar-refractivity contribution is 14.0. The van der Waals surface area contributed by atoms with Crippen molar-refractivity contribution in [2.24, 2.45) is 10.7 Å². The van der Waals surface area contributed by atoms with E-state index in [1.165, 1.54) is 5.56 Å². The first-order chi connectivity index (χ1) is 11.6. The van der Waals surface area contributed by atoms with E-state index < -0.39 is 0 Å². The molecular weight excluding hydrogens is 427 g/mol. The van der Waals surface area contributed by atoms with Crippen molar-refractivity contribution in [2.75, 3.05) is 16.8 Å². The molecule has 0 spiro atoms. The minimum absolute atomic E-state index is 0. The molecule has 0 atom stereocenters. The third kappa shape index (κ3) is 5.19. The van der Waals surface area contributed by atoms with Crippen LogP contribution in [0.1, 0.15) is 24.0 Å². The van der Waals surface area contributed by atoms with Gasteiger partial charge in [0, 0.05) is 24.3 Å². The zero-order valence-corrected chi connectivity index (χ0v) is 16.6. The SMILES string of the molecule is Cc1ccc(NC(N)=NCc2ccc(N3CCCC3=O)cc2)cc1.I. The van der Waals surface area contributed by atoms with Crippen LogP contribution in [0.5, 0.6) is 0 Å². The van der Waals surface area contributed by atoms with Crippen LogP contribution < -0.4 is 16.0 Å². The number of nitrogens with two attached hydrogens (primary N) is 1. The third-order valence-electron chi connectivity index (χ3n) is 4.08. The topological polar surface area (TPSA) is 70.7 Å². The van der Waals surface area contributed by atoms with Crippen LogP contribution in [0.25, 0.3) is 0 Å². The first kappa shape index (κ1) is 19.2. The number of guanidine groups is 1. The van der Waals surface area contributed by atoms with E-state index in [0.29, 0.717) is 18.9 Å². The highest BCUT2D eigenvalue weighted by Gasteiger charge is 2.21. The first-order valence-electron chi connectivity index (χ1n) is 8.15. The van der Waals surface area contributed by atoms with Crippen LogP contribution in [-0.2, 0) is 11.3 Å². The Balaban J connectivity index is 0.00000225. The molecule has 0 unspecified atom stereocenters. The van der Waals surface area contributed by atoms with E-state index in [2.05, 4.69) is 10.3 Å². The summed E-state index contributed by atoms with van der Waals surface area (Å²) in [4.78, 5) is 17.9. The molecule has 3 rings (SSSR count). The fourth-order valence-electron chi connectivity index (χ4n) is 2.70. The van der Waals surface area contributed by atoms with Gasteiger partial charge in [-0.05, 0) is 43.2 Å². The molecule has 0 aromatic heterocycles. The number of nitrogens with one attached hydrogen (secondary N) is 1. The molecule has 1 saturated heterocycles. The van der Waals surface area contributed by atoms with Gasteiger partial charge >= 0.3 is 0 Å². The lowest BCUT2D eigenvalue weighted by molar-refractivity contribution is -0.117. The van der Waals surface area contributed by atoms with Crippen molar-refractivity contribution in [3.63, 3.8) is 0 Å². The summed E-state index contributed by atoms with van der Waals surface area (Å²) in [7, 11) is 0. The second-order valence-electron chi connectivity index (χ2n) is 6.01. The molecular formula is C19H23IN4O. The lowest BCUT2D eigenvalue weighted by Crippen LogP contribution is -2.23. The Bertz CT molecular complexity index is 741. The maximum Gasteiger partial charge on any atom is 0.227 e. The van der Waals surface area contributed by atoms with Crippen LogP contribution in [0.15, 0.2) is 53.5 Å². The average molecular weight is 450 g/mol. The Kier molecular flexibility index (Phi) is 6.81. The number of aryl methyl sites for hydroxylation is 1. The van der Waals surface area contributed by atoms with Gasteiger partial charge in [-0.1, -0.05) is 29.8 Å². The van der Waals surface area contributed by atoms with Gasteiger partial charge in [0.2, 0.25) is 5.91 Å². The highest BCUT2D eigenvalue weighted by Crippen LogP contribution is 2.21. The molecule has 1 amide bonds. The van der Waals surface area contributed by atoms with E-state index in [4.69, 9.17) is 5.73 Å². The first-order valence-corrected chi connectivity index (χ1v) is 8.15. The number of anilines is 2. The summed E-state index contributed by atoms with van der Waals surface area (Å²) >= 11 is 0. The lowest BCUT2D eigenvalue weighted by Gasteiger charge is -2.15. The van der Waals surface area contributed by atoms with Crippen LogP contribution in [0.3, 0.4) is 0 Å². The minimum Gasteiger partial charge on any atom is -0.370 e. The fraction of sp³-hybridized carbons (Fsp3) is 0.263. The summed E-state index contributed by atoms with van der Waals surface area (Å²) in [6.07, 6.45) is 1.58. The van der Waals surface area contributed by atoms with Gasteiger partial charge in [0.25, 0.3) is 0 Å². The Labute approximate surface area is 165 Å². The standard InChI is InChI=1S/C19H22N4O.HI/c1-14-4-8-16(9-5-14)22-19(20)21-13-15-6-10-17(11-7-15)23-12-2-3-18(23)24;/h4-11H,2-3,12-13H2,1H3,(H3,20,21,22);1H. The number of rotatable bonds is 4. The Hall–Kier alpha value is -2.09. The molecule has 0 bridgehead atoms. The van der Waals surface area contributed by atoms with Gasteiger partial charge in [-0.25, -0.2) is 4.99 Å².